The van der Waals surface area contributed by atoms with Crippen molar-refractivity contribution in [3.05, 3.63) is 18.4 Å². The zero-order chi connectivity index (χ0) is 7.40. The largest absolute Gasteiger partial charge is 0.516 e. The van der Waals surface area contributed by atoms with E-state index in [2.05, 4.69) is 13.9 Å². The van der Waals surface area contributed by atoms with Crippen LogP contribution in [0.2, 0.25) is 0 Å². The smallest absolute Gasteiger partial charge is 0.437 e. The van der Waals surface area contributed by atoms with Gasteiger partial charge in [0, 0.05) is 6.07 Å². The number of methoxy groups -OCH3 is 1. The number of carbonyl (C=O) groups excluding carboxylic acids is 1. The second-order valence-electron chi connectivity index (χ2n) is 1.49. The molecule has 0 atom stereocenters. The Bertz CT molecular complexity index is 202. The van der Waals surface area contributed by atoms with Crippen LogP contribution in [0.25, 0.3) is 0 Å². The summed E-state index contributed by atoms with van der Waals surface area (Å²) in [5, 5.41) is 0. The summed E-state index contributed by atoms with van der Waals surface area (Å²) < 4.78 is 13.4. The van der Waals surface area contributed by atoms with E-state index in [4.69, 9.17) is 0 Å². The molecule has 0 aromatic carbocycles. The van der Waals surface area contributed by atoms with Gasteiger partial charge in [-0.15, -0.1) is 0 Å². The van der Waals surface area contributed by atoms with Crippen molar-refractivity contribution in [2.45, 2.75) is 0 Å². The fraction of sp³-hybridized carbons (Fsp3) is 0.167. The van der Waals surface area contributed by atoms with Crippen molar-refractivity contribution < 1.29 is 18.7 Å². The van der Waals surface area contributed by atoms with Crippen molar-refractivity contribution in [3.8, 4) is 5.95 Å². The lowest BCUT2D eigenvalue weighted by Gasteiger charge is -1.95. The van der Waals surface area contributed by atoms with Gasteiger partial charge in [-0.2, -0.15) is 0 Å². The first-order valence-electron chi connectivity index (χ1n) is 2.62. The van der Waals surface area contributed by atoms with Gasteiger partial charge in [0.1, 0.15) is 0 Å². The first-order valence-corrected chi connectivity index (χ1v) is 2.62. The van der Waals surface area contributed by atoms with Crippen LogP contribution in [0, 0.1) is 0 Å². The maximum Gasteiger partial charge on any atom is 0.516 e. The summed E-state index contributed by atoms with van der Waals surface area (Å²) in [5.74, 6) is 0.131. The molecule has 4 nitrogen and oxygen atoms in total. The monoisotopic (exact) mass is 142 g/mol. The average molecular weight is 142 g/mol. The molecule has 0 saturated carbocycles. The third kappa shape index (κ3) is 1.51. The molecular weight excluding hydrogens is 136 g/mol. The molecule has 0 aliphatic carbocycles. The van der Waals surface area contributed by atoms with Gasteiger partial charge in [-0.1, -0.05) is 0 Å². The van der Waals surface area contributed by atoms with Gasteiger partial charge in [0.05, 0.1) is 13.4 Å². The lowest BCUT2D eigenvalue weighted by atomic mass is 10.7. The van der Waals surface area contributed by atoms with Gasteiger partial charge >= 0.3 is 6.16 Å². The van der Waals surface area contributed by atoms with E-state index >= 15 is 0 Å². The normalized spacial score (nSPS) is 8.90. The fourth-order valence-electron chi connectivity index (χ4n) is 0.445. The minimum atomic E-state index is -0.782. The summed E-state index contributed by atoms with van der Waals surface area (Å²) >= 11 is 0. The second-order valence-corrected chi connectivity index (χ2v) is 1.49. The molecule has 54 valence electrons. The van der Waals surface area contributed by atoms with E-state index < -0.39 is 6.16 Å². The number of carbonyl (C=O) groups is 1. The van der Waals surface area contributed by atoms with Gasteiger partial charge in [0.15, 0.2) is 0 Å². The topological polar surface area (TPSA) is 48.7 Å². The average Bonchev–Trinajstić information content (AvgIpc) is 2.40. The Balaban J connectivity index is 2.48. The zero-order valence-electron chi connectivity index (χ0n) is 5.37. The van der Waals surface area contributed by atoms with E-state index in [1.165, 1.54) is 19.4 Å². The number of ether oxygens (including phenoxy) is 2. The quantitative estimate of drug-likeness (QED) is 0.556. The Labute approximate surface area is 57.3 Å². The minimum Gasteiger partial charge on any atom is -0.437 e. The van der Waals surface area contributed by atoms with Gasteiger partial charge in [-0.05, 0) is 6.07 Å². The molecule has 10 heavy (non-hydrogen) atoms. The number of rotatable bonds is 1. The molecule has 0 fully saturated rings. The highest BCUT2D eigenvalue weighted by atomic mass is 16.7. The SMILES string of the molecule is COC(=O)Oc1ccco1. The molecule has 0 saturated heterocycles. The van der Waals surface area contributed by atoms with Crippen LogP contribution in [0.4, 0.5) is 4.79 Å². The highest BCUT2D eigenvalue weighted by Gasteiger charge is 2.03. The van der Waals surface area contributed by atoms with Crippen molar-refractivity contribution in [1.29, 1.82) is 0 Å². The van der Waals surface area contributed by atoms with Crippen LogP contribution in [0.15, 0.2) is 22.8 Å². The van der Waals surface area contributed by atoms with Crippen LogP contribution in [-0.2, 0) is 4.74 Å². The summed E-state index contributed by atoms with van der Waals surface area (Å²) in [4.78, 5) is 10.4. The minimum absolute atomic E-state index is 0.131. The molecule has 0 unspecified atom stereocenters. The van der Waals surface area contributed by atoms with Crippen molar-refractivity contribution in [1.82, 2.24) is 0 Å². The van der Waals surface area contributed by atoms with Gasteiger partial charge in [0.2, 0.25) is 0 Å². The molecular formula is C6H6O4. The molecule has 0 spiro atoms. The Morgan fingerprint density at radius 1 is 1.70 bits per heavy atom. The molecule has 0 aliphatic heterocycles. The molecule has 1 aromatic heterocycles. The van der Waals surface area contributed by atoms with Crippen LogP contribution in [-0.4, -0.2) is 13.3 Å². The second kappa shape index (κ2) is 2.91. The lowest BCUT2D eigenvalue weighted by Crippen LogP contribution is -2.06. The molecule has 1 rings (SSSR count). The standard InChI is InChI=1S/C6H6O4/c1-8-6(7)10-5-3-2-4-9-5/h2-4H,1H3. The van der Waals surface area contributed by atoms with Crippen molar-refractivity contribution >= 4 is 6.16 Å². The molecule has 0 radical (unpaired) electrons. The molecule has 1 aromatic rings. The lowest BCUT2D eigenvalue weighted by molar-refractivity contribution is 0.111. The molecule has 4 heteroatoms. The van der Waals surface area contributed by atoms with E-state index in [0.717, 1.165) is 0 Å². The van der Waals surface area contributed by atoms with Crippen LogP contribution < -0.4 is 4.74 Å². The first-order chi connectivity index (χ1) is 4.83. The maximum absolute atomic E-state index is 10.4. The van der Waals surface area contributed by atoms with Gasteiger partial charge in [-0.3, -0.25) is 0 Å². The van der Waals surface area contributed by atoms with Crippen molar-refractivity contribution in [2.75, 3.05) is 7.11 Å². The van der Waals surface area contributed by atoms with Crippen molar-refractivity contribution in [2.24, 2.45) is 0 Å². The van der Waals surface area contributed by atoms with Gasteiger partial charge < -0.3 is 13.9 Å². The summed E-state index contributed by atoms with van der Waals surface area (Å²) in [5.41, 5.74) is 0. The Morgan fingerprint density at radius 3 is 3.00 bits per heavy atom. The highest BCUT2D eigenvalue weighted by molar-refractivity contribution is 5.62. The van der Waals surface area contributed by atoms with E-state index in [1.54, 1.807) is 6.07 Å². The van der Waals surface area contributed by atoms with Crippen LogP contribution in [0.3, 0.4) is 0 Å². The van der Waals surface area contributed by atoms with Crippen LogP contribution in [0.5, 0.6) is 5.95 Å². The summed E-state index contributed by atoms with van der Waals surface area (Å²) in [6.07, 6.45) is 0.619. The Morgan fingerprint density at radius 2 is 2.50 bits per heavy atom. The zero-order valence-corrected chi connectivity index (χ0v) is 5.37. The predicted molar refractivity (Wildman–Crippen MR) is 31.7 cm³/mol. The third-order valence-corrected chi connectivity index (χ3v) is 0.846. The number of hydrogen-bond donors (Lipinski definition) is 0. The Hall–Kier alpha value is -1.45. The summed E-state index contributed by atoms with van der Waals surface area (Å²) in [7, 11) is 1.23. The maximum atomic E-state index is 10.4. The summed E-state index contributed by atoms with van der Waals surface area (Å²) in [6, 6.07) is 3.12. The van der Waals surface area contributed by atoms with E-state index in [9.17, 15) is 4.79 Å². The van der Waals surface area contributed by atoms with Gasteiger partial charge in [0.25, 0.3) is 5.95 Å². The van der Waals surface area contributed by atoms with E-state index in [-0.39, 0.29) is 5.95 Å². The van der Waals surface area contributed by atoms with Crippen molar-refractivity contribution in [3.63, 3.8) is 0 Å². The van der Waals surface area contributed by atoms with Gasteiger partial charge in [-0.25, -0.2) is 4.79 Å². The first kappa shape index (κ1) is 6.67. The molecule has 0 aliphatic rings. The summed E-state index contributed by atoms with van der Waals surface area (Å²) in [6.45, 7) is 0. The molecule has 0 amide bonds. The molecule has 0 bridgehead atoms. The number of furan rings is 1. The molecule has 1 heterocycles. The third-order valence-electron chi connectivity index (χ3n) is 0.846. The van der Waals surface area contributed by atoms with E-state index in [0.29, 0.717) is 0 Å². The van der Waals surface area contributed by atoms with Crippen LogP contribution >= 0.6 is 0 Å². The number of hydrogen-bond acceptors (Lipinski definition) is 4. The van der Waals surface area contributed by atoms with E-state index in [1.807, 2.05) is 0 Å². The van der Waals surface area contributed by atoms with Crippen LogP contribution in [0.1, 0.15) is 0 Å². The predicted octanol–water partition coefficient (Wildman–Crippen LogP) is 1.42. The molecule has 0 N–H and O–H groups in total. The Kier molecular flexibility index (Phi) is 1.94. The highest BCUT2D eigenvalue weighted by Crippen LogP contribution is 2.09. The fourth-order valence-corrected chi connectivity index (χ4v) is 0.445.